The average molecular weight is 375 g/mol. The molecule has 3 N–H and O–H groups in total. The topological polar surface area (TPSA) is 85.1 Å². The van der Waals surface area contributed by atoms with E-state index in [0.29, 0.717) is 29.8 Å². The fourth-order valence-electron chi connectivity index (χ4n) is 3.13. The van der Waals surface area contributed by atoms with E-state index in [2.05, 4.69) is 10.3 Å². The first-order valence-electron chi connectivity index (χ1n) is 9.66. The smallest absolute Gasteiger partial charge is 0.224 e. The van der Waals surface area contributed by atoms with Crippen LogP contribution in [0.5, 0.6) is 0 Å². The molecule has 0 bridgehead atoms. The van der Waals surface area contributed by atoms with Gasteiger partial charge < -0.3 is 11.1 Å². The van der Waals surface area contributed by atoms with Gasteiger partial charge in [-0.25, -0.2) is 0 Å². The zero-order valence-electron chi connectivity index (χ0n) is 15.9. The van der Waals surface area contributed by atoms with E-state index >= 15 is 0 Å². The summed E-state index contributed by atoms with van der Waals surface area (Å²) < 4.78 is 0. The number of aromatic nitrogens is 1. The first-order valence-corrected chi connectivity index (χ1v) is 9.66. The Kier molecular flexibility index (Phi) is 6.73. The van der Waals surface area contributed by atoms with Crippen molar-refractivity contribution in [2.45, 2.75) is 38.5 Å². The van der Waals surface area contributed by atoms with E-state index in [0.717, 1.165) is 36.6 Å². The van der Waals surface area contributed by atoms with Crippen LogP contribution in [0.15, 0.2) is 60.8 Å². The van der Waals surface area contributed by atoms with Crippen LogP contribution in [-0.4, -0.2) is 16.7 Å². The third kappa shape index (κ3) is 5.39. The van der Waals surface area contributed by atoms with Crippen LogP contribution in [0.2, 0.25) is 0 Å². The fraction of sp³-hybridized carbons (Fsp3) is 0.261. The van der Waals surface area contributed by atoms with Crippen LogP contribution in [0.4, 0.5) is 11.4 Å². The summed E-state index contributed by atoms with van der Waals surface area (Å²) in [5.74, 6) is 0.113. The maximum absolute atomic E-state index is 12.4. The molecular formula is C23H25N3O2. The number of ketones is 1. The van der Waals surface area contributed by atoms with E-state index < -0.39 is 0 Å². The first-order chi connectivity index (χ1) is 13.6. The van der Waals surface area contributed by atoms with Gasteiger partial charge in [-0.15, -0.1) is 0 Å². The summed E-state index contributed by atoms with van der Waals surface area (Å²) in [6.07, 6.45) is 6.18. The van der Waals surface area contributed by atoms with Crippen LogP contribution < -0.4 is 11.1 Å². The Morgan fingerprint density at radius 2 is 1.68 bits per heavy atom. The number of hydrogen-bond donors (Lipinski definition) is 2. The van der Waals surface area contributed by atoms with E-state index in [1.165, 1.54) is 0 Å². The van der Waals surface area contributed by atoms with Crippen molar-refractivity contribution < 1.29 is 9.59 Å². The van der Waals surface area contributed by atoms with Crippen LogP contribution in [0, 0.1) is 0 Å². The van der Waals surface area contributed by atoms with Gasteiger partial charge in [0, 0.05) is 30.0 Å². The number of para-hydroxylation sites is 2. The van der Waals surface area contributed by atoms with Gasteiger partial charge in [0.05, 0.1) is 16.9 Å². The molecule has 0 unspecified atom stereocenters. The number of unbranched alkanes of at least 4 members (excludes halogenated alkanes) is 3. The first kappa shape index (κ1) is 19.5. The highest BCUT2D eigenvalue weighted by atomic mass is 16.1. The predicted octanol–water partition coefficient (Wildman–Crippen LogP) is 4.98. The number of Topliss-reactive ketones (excluding diaryl/α,β-unsaturated/α-hetero) is 1. The Bertz CT molecular complexity index is 969. The number of nitrogens with zero attached hydrogens (tertiary/aromatic N) is 1. The minimum atomic E-state index is -0.0300. The van der Waals surface area contributed by atoms with Crippen molar-refractivity contribution in [1.29, 1.82) is 0 Å². The third-order valence-electron chi connectivity index (χ3n) is 4.72. The molecule has 1 heterocycles. The standard InChI is InChI=1S/C23H25N3O2/c24-19-9-5-6-10-20(19)26-23(28)12-4-2-1-3-11-22(27)18-14-13-17-8-7-15-25-21(17)16-18/h5-10,13-16H,1-4,11-12,24H2,(H,26,28). The van der Waals surface area contributed by atoms with Crippen molar-refractivity contribution in [2.75, 3.05) is 11.1 Å². The maximum atomic E-state index is 12.4. The van der Waals surface area contributed by atoms with Crippen molar-refractivity contribution in [2.24, 2.45) is 0 Å². The van der Waals surface area contributed by atoms with E-state index in [4.69, 9.17) is 5.73 Å². The lowest BCUT2D eigenvalue weighted by Gasteiger charge is -2.07. The highest BCUT2D eigenvalue weighted by molar-refractivity contribution is 5.99. The average Bonchev–Trinajstić information content (AvgIpc) is 2.71. The molecule has 1 amide bonds. The van der Waals surface area contributed by atoms with E-state index in [1.807, 2.05) is 42.5 Å². The lowest BCUT2D eigenvalue weighted by Crippen LogP contribution is -2.12. The van der Waals surface area contributed by atoms with Crippen molar-refractivity contribution >= 4 is 34.0 Å². The molecule has 0 aliphatic carbocycles. The van der Waals surface area contributed by atoms with Crippen molar-refractivity contribution in [3.63, 3.8) is 0 Å². The molecule has 0 fully saturated rings. The lowest BCUT2D eigenvalue weighted by molar-refractivity contribution is -0.116. The highest BCUT2D eigenvalue weighted by Gasteiger charge is 2.08. The van der Waals surface area contributed by atoms with Crippen molar-refractivity contribution in [3.8, 4) is 0 Å². The molecule has 0 aliphatic rings. The lowest BCUT2D eigenvalue weighted by atomic mass is 10.0. The number of rotatable bonds is 9. The number of benzene rings is 2. The summed E-state index contributed by atoms with van der Waals surface area (Å²) >= 11 is 0. The second-order valence-electron chi connectivity index (χ2n) is 6.88. The van der Waals surface area contributed by atoms with Crippen LogP contribution >= 0.6 is 0 Å². The minimum Gasteiger partial charge on any atom is -0.397 e. The number of nitrogens with two attached hydrogens (primary N) is 1. The SMILES string of the molecule is Nc1ccccc1NC(=O)CCCCCCC(=O)c1ccc2cccnc2c1. The van der Waals surface area contributed by atoms with Gasteiger partial charge in [-0.2, -0.15) is 0 Å². The maximum Gasteiger partial charge on any atom is 0.224 e. The summed E-state index contributed by atoms with van der Waals surface area (Å²) in [5, 5.41) is 3.87. The molecule has 28 heavy (non-hydrogen) atoms. The van der Waals surface area contributed by atoms with Crippen LogP contribution in [0.1, 0.15) is 48.9 Å². The van der Waals surface area contributed by atoms with E-state index in [-0.39, 0.29) is 11.7 Å². The van der Waals surface area contributed by atoms with Crippen LogP contribution in [0.3, 0.4) is 0 Å². The fourth-order valence-corrected chi connectivity index (χ4v) is 3.13. The van der Waals surface area contributed by atoms with Gasteiger partial charge in [-0.3, -0.25) is 14.6 Å². The predicted molar refractivity (Wildman–Crippen MR) is 113 cm³/mol. The van der Waals surface area contributed by atoms with Gasteiger partial charge in [0.2, 0.25) is 5.91 Å². The van der Waals surface area contributed by atoms with E-state index in [1.54, 1.807) is 18.3 Å². The molecule has 0 saturated heterocycles. The Morgan fingerprint density at radius 1 is 0.893 bits per heavy atom. The van der Waals surface area contributed by atoms with Gasteiger partial charge in [0.25, 0.3) is 0 Å². The van der Waals surface area contributed by atoms with Gasteiger partial charge in [-0.05, 0) is 37.1 Å². The molecule has 3 rings (SSSR count). The summed E-state index contributed by atoms with van der Waals surface area (Å²) in [5.41, 5.74) is 8.60. The summed E-state index contributed by atoms with van der Waals surface area (Å²) in [6, 6.07) is 16.8. The summed E-state index contributed by atoms with van der Waals surface area (Å²) in [7, 11) is 0. The minimum absolute atomic E-state index is 0.0300. The number of carbonyl (C=O) groups is 2. The van der Waals surface area contributed by atoms with Gasteiger partial charge in [0.1, 0.15) is 0 Å². The third-order valence-corrected chi connectivity index (χ3v) is 4.72. The summed E-state index contributed by atoms with van der Waals surface area (Å²) in [4.78, 5) is 28.6. The summed E-state index contributed by atoms with van der Waals surface area (Å²) in [6.45, 7) is 0. The molecule has 5 heteroatoms. The van der Waals surface area contributed by atoms with Crippen molar-refractivity contribution in [1.82, 2.24) is 4.98 Å². The molecule has 0 spiro atoms. The Balaban J connectivity index is 1.34. The zero-order valence-corrected chi connectivity index (χ0v) is 15.9. The quantitative estimate of drug-likeness (QED) is 0.314. The molecule has 3 aromatic rings. The molecule has 0 saturated carbocycles. The normalized spacial score (nSPS) is 10.7. The molecular weight excluding hydrogens is 350 g/mol. The number of nitrogen functional groups attached to an aromatic ring is 1. The van der Waals surface area contributed by atoms with E-state index in [9.17, 15) is 9.59 Å². The largest absolute Gasteiger partial charge is 0.397 e. The molecule has 0 radical (unpaired) electrons. The second kappa shape index (κ2) is 9.65. The van der Waals surface area contributed by atoms with Crippen LogP contribution in [-0.2, 0) is 4.79 Å². The monoisotopic (exact) mass is 375 g/mol. The number of nitrogens with one attached hydrogen (secondary N) is 1. The highest BCUT2D eigenvalue weighted by Crippen LogP contribution is 2.18. The van der Waals surface area contributed by atoms with Gasteiger partial charge in [-0.1, -0.05) is 43.2 Å². The number of hydrogen-bond acceptors (Lipinski definition) is 4. The van der Waals surface area contributed by atoms with Crippen LogP contribution in [0.25, 0.3) is 10.9 Å². The molecule has 1 aromatic heterocycles. The number of amides is 1. The number of carbonyl (C=O) groups excluding carboxylic acids is 2. The second-order valence-corrected chi connectivity index (χ2v) is 6.88. The van der Waals surface area contributed by atoms with Crippen molar-refractivity contribution in [3.05, 3.63) is 66.4 Å². The number of pyridine rings is 1. The molecule has 0 aliphatic heterocycles. The number of anilines is 2. The number of fused-ring (bicyclic) bond motifs is 1. The molecule has 144 valence electrons. The van der Waals surface area contributed by atoms with Gasteiger partial charge >= 0.3 is 0 Å². The Morgan fingerprint density at radius 3 is 2.50 bits per heavy atom. The molecule has 2 aromatic carbocycles. The molecule has 0 atom stereocenters. The van der Waals surface area contributed by atoms with Gasteiger partial charge in [0.15, 0.2) is 5.78 Å². The Labute approximate surface area is 165 Å². The zero-order chi connectivity index (χ0) is 19.8. The Hall–Kier alpha value is -3.21. The molecule has 5 nitrogen and oxygen atoms in total.